The molecule has 1 saturated carbocycles. The van der Waals surface area contributed by atoms with Gasteiger partial charge in [-0.15, -0.1) is 11.3 Å². The number of thiophene rings is 1. The number of nitrogens with zero attached hydrogens (tertiary/aromatic N) is 2. The monoisotopic (exact) mass is 365 g/mol. The van der Waals surface area contributed by atoms with Crippen molar-refractivity contribution in [3.63, 3.8) is 0 Å². The van der Waals surface area contributed by atoms with Crippen LogP contribution in [0.3, 0.4) is 0 Å². The zero-order valence-electron chi connectivity index (χ0n) is 12.4. The van der Waals surface area contributed by atoms with Crippen LogP contribution in [-0.2, 0) is 13.1 Å². The maximum absolute atomic E-state index is 4.67. The molecule has 0 spiro atoms. The Labute approximate surface area is 138 Å². The molecule has 2 heterocycles. The van der Waals surface area contributed by atoms with Crippen molar-refractivity contribution in [2.45, 2.75) is 38.9 Å². The van der Waals surface area contributed by atoms with E-state index >= 15 is 0 Å². The Morgan fingerprint density at radius 3 is 2.86 bits per heavy atom. The predicted molar refractivity (Wildman–Crippen MR) is 93.0 cm³/mol. The third-order valence-corrected chi connectivity index (χ3v) is 5.26. The van der Waals surface area contributed by atoms with E-state index < -0.39 is 0 Å². The first kappa shape index (κ1) is 15.0. The molecular formula is C16H20BrN3S. The number of rotatable bonds is 6. The molecule has 0 amide bonds. The van der Waals surface area contributed by atoms with Gasteiger partial charge in [-0.2, -0.15) is 0 Å². The lowest BCUT2D eigenvalue weighted by atomic mass is 10.2. The highest BCUT2D eigenvalue weighted by atomic mass is 79.9. The van der Waals surface area contributed by atoms with E-state index in [0.717, 1.165) is 35.1 Å². The Bertz CT molecular complexity index is 622. The van der Waals surface area contributed by atoms with Gasteiger partial charge in [-0.05, 0) is 59.5 Å². The summed E-state index contributed by atoms with van der Waals surface area (Å²) in [4.78, 5) is 8.22. The van der Waals surface area contributed by atoms with Gasteiger partial charge >= 0.3 is 0 Å². The maximum Gasteiger partial charge on any atom is 0.129 e. The second kappa shape index (κ2) is 6.46. The number of nitrogens with one attached hydrogen (secondary N) is 1. The van der Waals surface area contributed by atoms with Crippen molar-refractivity contribution in [1.82, 2.24) is 10.3 Å². The second-order valence-electron chi connectivity index (χ2n) is 5.72. The van der Waals surface area contributed by atoms with Crippen molar-refractivity contribution < 1.29 is 0 Å². The van der Waals surface area contributed by atoms with Crippen molar-refractivity contribution in [2.75, 3.05) is 11.9 Å². The third kappa shape index (κ3) is 4.28. The zero-order chi connectivity index (χ0) is 14.8. The first-order chi connectivity index (χ1) is 10.1. The van der Waals surface area contributed by atoms with Crippen molar-refractivity contribution in [3.8, 4) is 0 Å². The Balaban J connectivity index is 1.70. The first-order valence-corrected chi connectivity index (χ1v) is 8.92. The van der Waals surface area contributed by atoms with E-state index in [2.05, 4.69) is 68.7 Å². The number of aromatic nitrogens is 1. The standard InChI is InChI=1S/C16H20BrN3S/c1-11-5-12(8-18-14-3-4-14)6-16(19-11)20(2)9-15-7-13(17)10-21-15/h5-7,10,14,18H,3-4,8-9H2,1-2H3. The maximum atomic E-state index is 4.67. The molecule has 0 bridgehead atoms. The minimum atomic E-state index is 0.739. The molecule has 3 nitrogen and oxygen atoms in total. The Hall–Kier alpha value is -0.910. The molecule has 3 rings (SSSR count). The van der Waals surface area contributed by atoms with Crippen LogP contribution in [-0.4, -0.2) is 18.1 Å². The van der Waals surface area contributed by atoms with Gasteiger partial charge in [0.1, 0.15) is 5.82 Å². The fraction of sp³-hybridized carbons (Fsp3) is 0.438. The number of anilines is 1. The molecule has 112 valence electrons. The molecule has 0 radical (unpaired) electrons. The predicted octanol–water partition coefficient (Wildman–Crippen LogP) is 4.10. The summed E-state index contributed by atoms with van der Waals surface area (Å²) in [5.74, 6) is 1.05. The number of halogens is 1. The molecule has 2 aromatic heterocycles. The summed E-state index contributed by atoms with van der Waals surface area (Å²) in [5, 5.41) is 5.69. The molecule has 1 fully saturated rings. The van der Waals surface area contributed by atoms with E-state index in [1.54, 1.807) is 11.3 Å². The minimum Gasteiger partial charge on any atom is -0.355 e. The number of hydrogen-bond acceptors (Lipinski definition) is 4. The highest BCUT2D eigenvalue weighted by Gasteiger charge is 2.20. The molecule has 1 aliphatic rings. The van der Waals surface area contributed by atoms with Crippen molar-refractivity contribution in [1.29, 1.82) is 0 Å². The van der Waals surface area contributed by atoms with E-state index in [-0.39, 0.29) is 0 Å². The van der Waals surface area contributed by atoms with Crippen LogP contribution in [0.4, 0.5) is 5.82 Å². The van der Waals surface area contributed by atoms with Gasteiger partial charge in [0.05, 0.1) is 6.54 Å². The molecular weight excluding hydrogens is 346 g/mol. The van der Waals surface area contributed by atoms with Crippen LogP contribution >= 0.6 is 27.3 Å². The smallest absolute Gasteiger partial charge is 0.129 e. The van der Waals surface area contributed by atoms with Gasteiger partial charge in [-0.3, -0.25) is 0 Å². The lowest BCUT2D eigenvalue weighted by molar-refractivity contribution is 0.686. The van der Waals surface area contributed by atoms with Crippen LogP contribution in [0.2, 0.25) is 0 Å². The summed E-state index contributed by atoms with van der Waals surface area (Å²) in [6.45, 7) is 3.90. The van der Waals surface area contributed by atoms with Gasteiger partial charge in [0.25, 0.3) is 0 Å². The zero-order valence-corrected chi connectivity index (χ0v) is 14.8. The van der Waals surface area contributed by atoms with Gasteiger partial charge in [0.15, 0.2) is 0 Å². The Morgan fingerprint density at radius 1 is 1.38 bits per heavy atom. The summed E-state index contributed by atoms with van der Waals surface area (Å²) in [6.07, 6.45) is 2.65. The molecule has 1 aliphatic carbocycles. The highest BCUT2D eigenvalue weighted by Crippen LogP contribution is 2.24. The molecule has 5 heteroatoms. The van der Waals surface area contributed by atoms with Gasteiger partial charge < -0.3 is 10.2 Å². The topological polar surface area (TPSA) is 28.2 Å². The summed E-state index contributed by atoms with van der Waals surface area (Å²) in [7, 11) is 2.10. The Morgan fingerprint density at radius 2 is 2.19 bits per heavy atom. The lowest BCUT2D eigenvalue weighted by Gasteiger charge is -2.19. The average Bonchev–Trinajstić information content (AvgIpc) is 3.19. The molecule has 0 aliphatic heterocycles. The molecule has 21 heavy (non-hydrogen) atoms. The van der Waals surface area contributed by atoms with Crippen LogP contribution in [0.15, 0.2) is 28.1 Å². The summed E-state index contributed by atoms with van der Waals surface area (Å²) in [5.41, 5.74) is 2.41. The van der Waals surface area contributed by atoms with Crippen molar-refractivity contribution in [3.05, 3.63) is 44.2 Å². The molecule has 0 atom stereocenters. The normalized spacial score (nSPS) is 14.4. The van der Waals surface area contributed by atoms with Crippen molar-refractivity contribution >= 4 is 33.1 Å². The fourth-order valence-electron chi connectivity index (χ4n) is 2.32. The van der Waals surface area contributed by atoms with E-state index in [4.69, 9.17) is 0 Å². The number of pyridine rings is 1. The van der Waals surface area contributed by atoms with Gasteiger partial charge in [-0.25, -0.2) is 4.98 Å². The fourth-order valence-corrected chi connectivity index (χ4v) is 3.82. The van der Waals surface area contributed by atoms with E-state index in [0.29, 0.717) is 0 Å². The van der Waals surface area contributed by atoms with Crippen LogP contribution in [0.1, 0.15) is 29.0 Å². The molecule has 1 N–H and O–H groups in total. The van der Waals surface area contributed by atoms with Gasteiger partial charge in [0, 0.05) is 40.1 Å². The second-order valence-corrected chi connectivity index (χ2v) is 7.63. The Kier molecular flexibility index (Phi) is 4.62. The minimum absolute atomic E-state index is 0.739. The van der Waals surface area contributed by atoms with E-state index in [9.17, 15) is 0 Å². The third-order valence-electron chi connectivity index (χ3n) is 3.58. The summed E-state index contributed by atoms with van der Waals surface area (Å²) >= 11 is 5.28. The van der Waals surface area contributed by atoms with Crippen LogP contribution in [0.5, 0.6) is 0 Å². The van der Waals surface area contributed by atoms with Gasteiger partial charge in [-0.1, -0.05) is 0 Å². The largest absolute Gasteiger partial charge is 0.355 e. The highest BCUT2D eigenvalue weighted by molar-refractivity contribution is 9.10. The molecule has 0 unspecified atom stereocenters. The van der Waals surface area contributed by atoms with Crippen LogP contribution in [0, 0.1) is 6.92 Å². The van der Waals surface area contributed by atoms with E-state index in [1.807, 2.05) is 0 Å². The number of aryl methyl sites for hydroxylation is 1. The van der Waals surface area contributed by atoms with Crippen molar-refractivity contribution in [2.24, 2.45) is 0 Å². The first-order valence-electron chi connectivity index (χ1n) is 7.25. The lowest BCUT2D eigenvalue weighted by Crippen LogP contribution is -2.19. The summed E-state index contributed by atoms with van der Waals surface area (Å²) < 4.78 is 1.16. The molecule has 0 aromatic carbocycles. The van der Waals surface area contributed by atoms with E-state index in [1.165, 1.54) is 23.3 Å². The summed E-state index contributed by atoms with van der Waals surface area (Å²) in [6, 6.07) is 7.29. The number of hydrogen-bond donors (Lipinski definition) is 1. The molecule has 2 aromatic rings. The quantitative estimate of drug-likeness (QED) is 0.834. The van der Waals surface area contributed by atoms with Crippen LogP contribution in [0.25, 0.3) is 0 Å². The SMILES string of the molecule is Cc1cc(CNC2CC2)cc(N(C)Cc2cc(Br)cs2)n1. The van der Waals surface area contributed by atoms with Gasteiger partial charge in [0.2, 0.25) is 0 Å². The molecule has 0 saturated heterocycles. The van der Waals surface area contributed by atoms with Crippen LogP contribution < -0.4 is 10.2 Å². The average molecular weight is 366 g/mol.